The molecule has 2 nitrogen and oxygen atoms in total. The molecule has 0 unspecified atom stereocenters. The summed E-state index contributed by atoms with van der Waals surface area (Å²) < 4.78 is 0.788. The number of rotatable bonds is 5. The zero-order valence-electron chi connectivity index (χ0n) is 9.42. The Balaban J connectivity index is 2.31. The molecule has 0 saturated heterocycles. The molecule has 0 saturated carbocycles. The summed E-state index contributed by atoms with van der Waals surface area (Å²) in [5.41, 5.74) is 2.43. The van der Waals surface area contributed by atoms with Gasteiger partial charge in [-0.15, -0.1) is 0 Å². The van der Waals surface area contributed by atoms with Gasteiger partial charge in [0.25, 0.3) is 0 Å². The molecule has 0 aliphatic carbocycles. The molecule has 0 aromatic heterocycles. The van der Waals surface area contributed by atoms with Crippen molar-refractivity contribution in [2.45, 2.75) is 19.8 Å². The van der Waals surface area contributed by atoms with Crippen molar-refractivity contribution >= 4 is 21.8 Å². The molecule has 0 spiro atoms. The summed E-state index contributed by atoms with van der Waals surface area (Å²) in [5, 5.41) is 2.78. The molecule has 16 heavy (non-hydrogen) atoms. The number of carbonyl (C=O) groups is 1. The molecule has 86 valence electrons. The molecule has 1 aromatic rings. The van der Waals surface area contributed by atoms with Crippen LogP contribution in [0.1, 0.15) is 17.5 Å². The van der Waals surface area contributed by atoms with Crippen LogP contribution >= 0.6 is 15.9 Å². The SMILES string of the molecule is C=C(Br)CNC(=O)CCc1ccc(C)cc1. The van der Waals surface area contributed by atoms with Crippen LogP contribution < -0.4 is 5.32 Å². The largest absolute Gasteiger partial charge is 0.352 e. The highest BCUT2D eigenvalue weighted by molar-refractivity contribution is 9.11. The number of amides is 1. The van der Waals surface area contributed by atoms with E-state index in [4.69, 9.17) is 0 Å². The third kappa shape index (κ3) is 5.12. The Morgan fingerprint density at radius 2 is 2.00 bits per heavy atom. The number of carbonyl (C=O) groups excluding carboxylic acids is 1. The third-order valence-corrected chi connectivity index (χ3v) is 2.52. The first-order valence-electron chi connectivity index (χ1n) is 5.23. The quantitative estimate of drug-likeness (QED) is 0.884. The summed E-state index contributed by atoms with van der Waals surface area (Å²) in [4.78, 5) is 11.4. The van der Waals surface area contributed by atoms with Crippen LogP contribution in [0.25, 0.3) is 0 Å². The van der Waals surface area contributed by atoms with Gasteiger partial charge < -0.3 is 5.32 Å². The lowest BCUT2D eigenvalue weighted by atomic mass is 10.1. The fourth-order valence-electron chi connectivity index (χ4n) is 1.30. The Morgan fingerprint density at radius 3 is 2.56 bits per heavy atom. The van der Waals surface area contributed by atoms with Crippen LogP contribution in [-0.2, 0) is 11.2 Å². The summed E-state index contributed by atoms with van der Waals surface area (Å²) in [6, 6.07) is 8.25. The van der Waals surface area contributed by atoms with Crippen molar-refractivity contribution in [1.82, 2.24) is 5.32 Å². The van der Waals surface area contributed by atoms with Crippen LogP contribution in [0.2, 0.25) is 0 Å². The lowest BCUT2D eigenvalue weighted by Gasteiger charge is -2.04. The van der Waals surface area contributed by atoms with Gasteiger partial charge in [0, 0.05) is 17.4 Å². The normalized spacial score (nSPS) is 9.88. The maximum absolute atomic E-state index is 11.4. The zero-order chi connectivity index (χ0) is 12.0. The van der Waals surface area contributed by atoms with Crippen LogP contribution in [0.3, 0.4) is 0 Å². The van der Waals surface area contributed by atoms with Crippen molar-refractivity contribution in [3.63, 3.8) is 0 Å². The van der Waals surface area contributed by atoms with Crippen LogP contribution in [0.4, 0.5) is 0 Å². The number of hydrogen-bond donors (Lipinski definition) is 1. The first-order chi connectivity index (χ1) is 7.58. The van der Waals surface area contributed by atoms with Gasteiger partial charge in [0.2, 0.25) is 5.91 Å². The van der Waals surface area contributed by atoms with Gasteiger partial charge in [-0.25, -0.2) is 0 Å². The molecule has 0 aliphatic heterocycles. The first kappa shape index (κ1) is 13.0. The van der Waals surface area contributed by atoms with Gasteiger partial charge in [-0.3, -0.25) is 4.79 Å². The minimum Gasteiger partial charge on any atom is -0.352 e. The fraction of sp³-hybridized carbons (Fsp3) is 0.308. The van der Waals surface area contributed by atoms with Gasteiger partial charge in [-0.2, -0.15) is 0 Å². The van der Waals surface area contributed by atoms with Crippen LogP contribution in [0.5, 0.6) is 0 Å². The minimum atomic E-state index is 0.0566. The van der Waals surface area contributed by atoms with Crippen molar-refractivity contribution in [3.8, 4) is 0 Å². The lowest BCUT2D eigenvalue weighted by molar-refractivity contribution is -0.120. The van der Waals surface area contributed by atoms with Crippen LogP contribution in [0, 0.1) is 6.92 Å². The Hall–Kier alpha value is -1.09. The van der Waals surface area contributed by atoms with Gasteiger partial charge >= 0.3 is 0 Å². The first-order valence-corrected chi connectivity index (χ1v) is 6.03. The van der Waals surface area contributed by atoms with Gasteiger partial charge in [0.1, 0.15) is 0 Å². The van der Waals surface area contributed by atoms with E-state index >= 15 is 0 Å². The monoisotopic (exact) mass is 281 g/mol. The van der Waals surface area contributed by atoms with E-state index in [-0.39, 0.29) is 5.91 Å². The average molecular weight is 282 g/mol. The topological polar surface area (TPSA) is 29.1 Å². The van der Waals surface area contributed by atoms with E-state index in [2.05, 4.69) is 59.0 Å². The van der Waals surface area contributed by atoms with E-state index in [0.717, 1.165) is 10.9 Å². The molecule has 0 radical (unpaired) electrons. The predicted octanol–water partition coefficient (Wildman–Crippen LogP) is 2.95. The Bertz CT molecular complexity index is 370. The van der Waals surface area contributed by atoms with Gasteiger partial charge in [-0.1, -0.05) is 52.3 Å². The average Bonchev–Trinajstić information content (AvgIpc) is 2.25. The molecule has 1 aromatic carbocycles. The molecule has 1 rings (SSSR count). The maximum atomic E-state index is 11.4. The molecule has 0 aliphatic rings. The predicted molar refractivity (Wildman–Crippen MR) is 70.6 cm³/mol. The maximum Gasteiger partial charge on any atom is 0.220 e. The van der Waals surface area contributed by atoms with E-state index in [1.165, 1.54) is 11.1 Å². The van der Waals surface area contributed by atoms with E-state index in [9.17, 15) is 4.79 Å². The van der Waals surface area contributed by atoms with Crippen LogP contribution in [-0.4, -0.2) is 12.5 Å². The Labute approximate surface area is 105 Å². The van der Waals surface area contributed by atoms with E-state index in [0.29, 0.717) is 13.0 Å². The summed E-state index contributed by atoms with van der Waals surface area (Å²) in [7, 11) is 0. The smallest absolute Gasteiger partial charge is 0.220 e. The number of hydrogen-bond acceptors (Lipinski definition) is 1. The van der Waals surface area contributed by atoms with Crippen molar-refractivity contribution in [1.29, 1.82) is 0 Å². The molecule has 0 heterocycles. The standard InChI is InChI=1S/C13H16BrNO/c1-10-3-5-12(6-4-10)7-8-13(16)15-9-11(2)14/h3-6H,2,7-9H2,1H3,(H,15,16). The number of benzene rings is 1. The highest BCUT2D eigenvalue weighted by atomic mass is 79.9. The molecular weight excluding hydrogens is 266 g/mol. The Kier molecular flexibility index (Phi) is 5.26. The number of halogens is 1. The Morgan fingerprint density at radius 1 is 1.38 bits per heavy atom. The van der Waals surface area contributed by atoms with Gasteiger partial charge in [0.05, 0.1) is 0 Å². The second kappa shape index (κ2) is 6.48. The summed E-state index contributed by atoms with van der Waals surface area (Å²) in [6.07, 6.45) is 1.30. The third-order valence-electron chi connectivity index (χ3n) is 2.24. The summed E-state index contributed by atoms with van der Waals surface area (Å²) in [5.74, 6) is 0.0566. The second-order valence-electron chi connectivity index (χ2n) is 3.78. The van der Waals surface area contributed by atoms with Crippen molar-refractivity contribution in [2.24, 2.45) is 0 Å². The molecule has 1 amide bonds. The van der Waals surface area contributed by atoms with Crippen molar-refractivity contribution in [3.05, 3.63) is 46.5 Å². The zero-order valence-corrected chi connectivity index (χ0v) is 11.0. The summed E-state index contributed by atoms with van der Waals surface area (Å²) in [6.45, 7) is 6.20. The molecule has 0 bridgehead atoms. The summed E-state index contributed by atoms with van der Waals surface area (Å²) >= 11 is 3.20. The molecular formula is C13H16BrNO. The van der Waals surface area contributed by atoms with E-state index < -0.39 is 0 Å². The molecule has 0 fully saturated rings. The van der Waals surface area contributed by atoms with Crippen LogP contribution in [0.15, 0.2) is 35.3 Å². The lowest BCUT2D eigenvalue weighted by Crippen LogP contribution is -2.24. The second-order valence-corrected chi connectivity index (χ2v) is 4.90. The number of aryl methyl sites for hydroxylation is 2. The van der Waals surface area contributed by atoms with Crippen molar-refractivity contribution < 1.29 is 4.79 Å². The fourth-order valence-corrected chi connectivity index (χ4v) is 1.44. The van der Waals surface area contributed by atoms with Gasteiger partial charge in [-0.05, 0) is 18.9 Å². The molecule has 0 atom stereocenters. The molecule has 3 heteroatoms. The highest BCUT2D eigenvalue weighted by Crippen LogP contribution is 2.05. The van der Waals surface area contributed by atoms with E-state index in [1.54, 1.807) is 0 Å². The minimum absolute atomic E-state index is 0.0566. The van der Waals surface area contributed by atoms with Crippen molar-refractivity contribution in [2.75, 3.05) is 6.54 Å². The molecule has 1 N–H and O–H groups in total. The van der Waals surface area contributed by atoms with E-state index in [1.807, 2.05) is 0 Å². The number of nitrogens with one attached hydrogen (secondary N) is 1. The van der Waals surface area contributed by atoms with Gasteiger partial charge in [0.15, 0.2) is 0 Å². The highest BCUT2D eigenvalue weighted by Gasteiger charge is 2.01.